The van der Waals surface area contributed by atoms with Crippen molar-refractivity contribution in [2.75, 3.05) is 17.2 Å². The number of nitrogens with zero attached hydrogens (tertiary/aromatic N) is 2. The summed E-state index contributed by atoms with van der Waals surface area (Å²) in [4.78, 5) is 13.0. The monoisotopic (exact) mass is 302 g/mol. The number of benzene rings is 1. The molecule has 21 heavy (non-hydrogen) atoms. The van der Waals surface area contributed by atoms with Crippen LogP contribution in [0.1, 0.15) is 47.1 Å². The largest absolute Gasteiger partial charge is 0.385 e. The van der Waals surface area contributed by atoms with Gasteiger partial charge in [-0.05, 0) is 48.0 Å². The second-order valence-electron chi connectivity index (χ2n) is 5.50. The highest BCUT2D eigenvalue weighted by atomic mass is 32.1. The molecule has 1 aromatic carbocycles. The van der Waals surface area contributed by atoms with Gasteiger partial charge in [0.05, 0.1) is 5.69 Å². The SMILES string of the molecule is CC(C)c1nnsc1C(=O)Nc1ccc2c(c1)NCCC2. The summed E-state index contributed by atoms with van der Waals surface area (Å²) in [5, 5.41) is 10.4. The minimum atomic E-state index is -0.135. The van der Waals surface area contributed by atoms with E-state index in [2.05, 4.69) is 26.3 Å². The number of aromatic nitrogens is 2. The molecule has 0 aliphatic carbocycles. The first kappa shape index (κ1) is 14.0. The van der Waals surface area contributed by atoms with Crippen molar-refractivity contribution < 1.29 is 4.79 Å². The molecule has 1 aliphatic rings. The molecule has 0 bridgehead atoms. The number of amides is 1. The lowest BCUT2D eigenvalue weighted by Gasteiger charge is -2.18. The van der Waals surface area contributed by atoms with Gasteiger partial charge in [-0.1, -0.05) is 24.4 Å². The van der Waals surface area contributed by atoms with Crippen molar-refractivity contribution in [3.05, 3.63) is 34.3 Å². The molecule has 1 aromatic heterocycles. The topological polar surface area (TPSA) is 66.9 Å². The van der Waals surface area contributed by atoms with Crippen LogP contribution in [0.4, 0.5) is 11.4 Å². The van der Waals surface area contributed by atoms with Gasteiger partial charge in [-0.3, -0.25) is 4.79 Å². The summed E-state index contributed by atoms with van der Waals surface area (Å²) in [5.74, 6) is 0.0548. The van der Waals surface area contributed by atoms with E-state index in [4.69, 9.17) is 0 Å². The van der Waals surface area contributed by atoms with Gasteiger partial charge in [-0.15, -0.1) is 5.10 Å². The van der Waals surface area contributed by atoms with Crippen LogP contribution >= 0.6 is 11.5 Å². The van der Waals surface area contributed by atoms with Gasteiger partial charge in [-0.25, -0.2) is 0 Å². The molecule has 6 heteroatoms. The minimum absolute atomic E-state index is 0.135. The smallest absolute Gasteiger partial charge is 0.269 e. The van der Waals surface area contributed by atoms with Gasteiger partial charge in [-0.2, -0.15) is 0 Å². The van der Waals surface area contributed by atoms with Gasteiger partial charge < -0.3 is 10.6 Å². The van der Waals surface area contributed by atoms with Gasteiger partial charge in [0.2, 0.25) is 0 Å². The van der Waals surface area contributed by atoms with Crippen molar-refractivity contribution >= 4 is 28.8 Å². The van der Waals surface area contributed by atoms with E-state index < -0.39 is 0 Å². The molecule has 5 nitrogen and oxygen atoms in total. The van der Waals surface area contributed by atoms with Crippen molar-refractivity contribution in [3.8, 4) is 0 Å². The number of anilines is 2. The zero-order chi connectivity index (χ0) is 14.8. The number of nitrogens with one attached hydrogen (secondary N) is 2. The average molecular weight is 302 g/mol. The molecular formula is C15H18N4OS. The average Bonchev–Trinajstić information content (AvgIpc) is 2.97. The predicted molar refractivity (Wildman–Crippen MR) is 85.2 cm³/mol. The van der Waals surface area contributed by atoms with Crippen LogP contribution in [-0.4, -0.2) is 22.0 Å². The Bertz CT molecular complexity index is 665. The third-order valence-electron chi connectivity index (χ3n) is 3.57. The fourth-order valence-electron chi connectivity index (χ4n) is 2.46. The van der Waals surface area contributed by atoms with E-state index in [0.29, 0.717) is 4.88 Å². The van der Waals surface area contributed by atoms with Crippen LogP contribution < -0.4 is 10.6 Å². The van der Waals surface area contributed by atoms with Crippen LogP contribution in [0.25, 0.3) is 0 Å². The molecule has 0 saturated carbocycles. The number of carbonyl (C=O) groups excluding carboxylic acids is 1. The van der Waals surface area contributed by atoms with E-state index in [1.165, 1.54) is 5.56 Å². The Labute approximate surface area is 127 Å². The molecule has 0 fully saturated rings. The highest BCUT2D eigenvalue weighted by Gasteiger charge is 2.19. The van der Waals surface area contributed by atoms with E-state index >= 15 is 0 Å². The molecular weight excluding hydrogens is 284 g/mol. The number of aryl methyl sites for hydroxylation is 1. The quantitative estimate of drug-likeness (QED) is 0.913. The van der Waals surface area contributed by atoms with E-state index in [1.54, 1.807) is 0 Å². The second kappa shape index (κ2) is 5.81. The predicted octanol–water partition coefficient (Wildman–Crippen LogP) is 3.27. The first-order valence-corrected chi connectivity index (χ1v) is 7.93. The summed E-state index contributed by atoms with van der Waals surface area (Å²) in [7, 11) is 0. The highest BCUT2D eigenvalue weighted by Crippen LogP contribution is 2.26. The summed E-state index contributed by atoms with van der Waals surface area (Å²) in [6.45, 7) is 5.01. The zero-order valence-electron chi connectivity index (χ0n) is 12.1. The van der Waals surface area contributed by atoms with Crippen LogP contribution in [0, 0.1) is 0 Å². The van der Waals surface area contributed by atoms with Gasteiger partial charge in [0.1, 0.15) is 4.88 Å². The van der Waals surface area contributed by atoms with E-state index in [9.17, 15) is 4.79 Å². The molecule has 1 aliphatic heterocycles. The Morgan fingerprint density at radius 3 is 3.10 bits per heavy atom. The second-order valence-corrected chi connectivity index (χ2v) is 6.25. The van der Waals surface area contributed by atoms with E-state index in [-0.39, 0.29) is 11.8 Å². The molecule has 110 valence electrons. The summed E-state index contributed by atoms with van der Waals surface area (Å²) in [6, 6.07) is 6.02. The number of hydrogen-bond acceptors (Lipinski definition) is 5. The molecule has 1 amide bonds. The molecule has 2 N–H and O–H groups in total. The van der Waals surface area contributed by atoms with Crippen LogP contribution in [-0.2, 0) is 6.42 Å². The Morgan fingerprint density at radius 1 is 1.43 bits per heavy atom. The Hall–Kier alpha value is -1.95. The first-order chi connectivity index (χ1) is 10.1. The minimum Gasteiger partial charge on any atom is -0.385 e. The number of carbonyl (C=O) groups is 1. The van der Waals surface area contributed by atoms with Crippen molar-refractivity contribution in [1.29, 1.82) is 0 Å². The maximum atomic E-state index is 12.4. The lowest BCUT2D eigenvalue weighted by atomic mass is 10.0. The highest BCUT2D eigenvalue weighted by molar-refractivity contribution is 7.08. The molecule has 2 aromatic rings. The third-order valence-corrected chi connectivity index (χ3v) is 4.31. The van der Waals surface area contributed by atoms with Crippen molar-refractivity contribution in [3.63, 3.8) is 0 Å². The summed E-state index contributed by atoms with van der Waals surface area (Å²) >= 11 is 1.15. The molecule has 2 heterocycles. The maximum absolute atomic E-state index is 12.4. The molecule has 0 radical (unpaired) electrons. The van der Waals surface area contributed by atoms with Crippen LogP contribution in [0.15, 0.2) is 18.2 Å². The van der Waals surface area contributed by atoms with Crippen molar-refractivity contribution in [2.24, 2.45) is 0 Å². The van der Waals surface area contributed by atoms with Gasteiger partial charge in [0, 0.05) is 17.9 Å². The lowest BCUT2D eigenvalue weighted by molar-refractivity contribution is 0.102. The summed E-state index contributed by atoms with van der Waals surface area (Å²) in [6.07, 6.45) is 2.25. The lowest BCUT2D eigenvalue weighted by Crippen LogP contribution is -2.15. The van der Waals surface area contributed by atoms with Gasteiger partial charge >= 0.3 is 0 Å². The summed E-state index contributed by atoms with van der Waals surface area (Å²) < 4.78 is 3.89. The van der Waals surface area contributed by atoms with Crippen LogP contribution in [0.2, 0.25) is 0 Å². The number of fused-ring (bicyclic) bond motifs is 1. The first-order valence-electron chi connectivity index (χ1n) is 7.15. The third kappa shape index (κ3) is 2.90. The van der Waals surface area contributed by atoms with Crippen molar-refractivity contribution in [1.82, 2.24) is 9.59 Å². The number of hydrogen-bond donors (Lipinski definition) is 2. The van der Waals surface area contributed by atoms with Crippen LogP contribution in [0.5, 0.6) is 0 Å². The maximum Gasteiger partial charge on any atom is 0.269 e. The molecule has 0 spiro atoms. The fourth-order valence-corrected chi connectivity index (χ4v) is 3.17. The van der Waals surface area contributed by atoms with E-state index in [1.807, 2.05) is 26.0 Å². The normalized spacial score (nSPS) is 13.7. The molecule has 0 unspecified atom stereocenters. The molecule has 3 rings (SSSR count). The molecule has 0 saturated heterocycles. The van der Waals surface area contributed by atoms with Gasteiger partial charge in [0.15, 0.2) is 0 Å². The van der Waals surface area contributed by atoms with Crippen molar-refractivity contribution in [2.45, 2.75) is 32.6 Å². The Morgan fingerprint density at radius 2 is 2.29 bits per heavy atom. The van der Waals surface area contributed by atoms with E-state index in [0.717, 1.165) is 48.0 Å². The standard InChI is InChI=1S/C15H18N4OS/c1-9(2)13-14(21-19-18-13)15(20)17-11-6-5-10-4-3-7-16-12(10)8-11/h5-6,8-9,16H,3-4,7H2,1-2H3,(H,17,20). The summed E-state index contributed by atoms with van der Waals surface area (Å²) in [5.41, 5.74) is 3.98. The Balaban J connectivity index is 1.80. The molecule has 0 atom stereocenters. The van der Waals surface area contributed by atoms with Crippen LogP contribution in [0.3, 0.4) is 0 Å². The number of rotatable bonds is 3. The fraction of sp³-hybridized carbons (Fsp3) is 0.400. The Kier molecular flexibility index (Phi) is 3.88. The zero-order valence-corrected chi connectivity index (χ0v) is 13.0. The van der Waals surface area contributed by atoms with Gasteiger partial charge in [0.25, 0.3) is 5.91 Å².